The summed E-state index contributed by atoms with van der Waals surface area (Å²) in [5, 5.41) is 0. The molecule has 0 radical (unpaired) electrons. The molecule has 1 atom stereocenters. The molecule has 2 aromatic rings. The fourth-order valence-electron chi connectivity index (χ4n) is 3.61. The first kappa shape index (κ1) is 16.0. The number of alkyl halides is 3. The van der Waals surface area contributed by atoms with Crippen LogP contribution in [-0.4, -0.2) is 31.1 Å². The van der Waals surface area contributed by atoms with Crippen molar-refractivity contribution in [3.63, 3.8) is 0 Å². The van der Waals surface area contributed by atoms with Crippen molar-refractivity contribution in [1.82, 2.24) is 4.90 Å². The summed E-state index contributed by atoms with van der Waals surface area (Å²) in [6.07, 6.45) is -4.42. The van der Waals surface area contributed by atoms with Crippen LogP contribution in [0.3, 0.4) is 0 Å². The lowest BCUT2D eigenvalue weighted by molar-refractivity contribution is -0.137. The van der Waals surface area contributed by atoms with Crippen molar-refractivity contribution < 1.29 is 27.4 Å². The third-order valence-electron chi connectivity index (χ3n) is 4.68. The van der Waals surface area contributed by atoms with Crippen LogP contribution in [0.15, 0.2) is 42.5 Å². The summed E-state index contributed by atoms with van der Waals surface area (Å²) >= 11 is 0. The van der Waals surface area contributed by atoms with Gasteiger partial charge in [0, 0.05) is 17.7 Å². The Hall–Kier alpha value is -2.54. The number of carbonyl (C=O) groups excluding carboxylic acids is 1. The molecule has 4 rings (SSSR count). The highest BCUT2D eigenvalue weighted by atomic mass is 19.4. The van der Waals surface area contributed by atoms with Gasteiger partial charge in [0.1, 0.15) is 5.75 Å². The average molecular weight is 349 g/mol. The molecule has 4 nitrogen and oxygen atoms in total. The van der Waals surface area contributed by atoms with Crippen LogP contribution in [0.1, 0.15) is 27.0 Å². The number of halogens is 3. The van der Waals surface area contributed by atoms with Crippen LogP contribution in [0, 0.1) is 0 Å². The maximum atomic E-state index is 12.9. The Morgan fingerprint density at radius 2 is 1.88 bits per heavy atom. The predicted octanol–water partition coefficient (Wildman–Crippen LogP) is 3.40. The van der Waals surface area contributed by atoms with E-state index < -0.39 is 17.5 Å². The first-order valence-corrected chi connectivity index (χ1v) is 7.71. The first-order chi connectivity index (χ1) is 11.9. The molecule has 2 aliphatic heterocycles. The molecule has 0 bridgehead atoms. The molecule has 1 saturated heterocycles. The summed E-state index contributed by atoms with van der Waals surface area (Å²) in [7, 11) is 1.47. The molecule has 2 aliphatic rings. The standard InChI is InChI=1S/C18H14F3NO3/c1-24-14-4-2-3-13-15(14)16(23)22-9-10-25-17(13,22)11-5-7-12(8-6-11)18(19,20)21/h2-8H,9-10H2,1H3. The fraction of sp³-hybridized carbons (Fsp3) is 0.278. The van der Waals surface area contributed by atoms with E-state index >= 15 is 0 Å². The van der Waals surface area contributed by atoms with E-state index in [-0.39, 0.29) is 5.91 Å². The Morgan fingerprint density at radius 3 is 2.52 bits per heavy atom. The average Bonchev–Trinajstić information content (AvgIpc) is 3.14. The van der Waals surface area contributed by atoms with Crippen LogP contribution in [0.4, 0.5) is 13.2 Å². The molecule has 0 spiro atoms. The molecule has 1 fully saturated rings. The van der Waals surface area contributed by atoms with E-state index in [9.17, 15) is 18.0 Å². The number of amides is 1. The summed E-state index contributed by atoms with van der Waals surface area (Å²) in [5.41, 5.74) is -0.477. The Kier molecular flexibility index (Phi) is 3.34. The molecular weight excluding hydrogens is 335 g/mol. The minimum Gasteiger partial charge on any atom is -0.496 e. The normalized spacial score (nSPS) is 22.1. The number of fused-ring (bicyclic) bond motifs is 3. The third-order valence-corrected chi connectivity index (χ3v) is 4.68. The van der Waals surface area contributed by atoms with E-state index in [1.165, 1.54) is 19.2 Å². The molecule has 2 aromatic carbocycles. The molecule has 1 amide bonds. The maximum Gasteiger partial charge on any atom is 0.416 e. The van der Waals surface area contributed by atoms with Crippen molar-refractivity contribution in [2.75, 3.05) is 20.3 Å². The number of hydrogen-bond donors (Lipinski definition) is 0. The maximum absolute atomic E-state index is 12.9. The van der Waals surface area contributed by atoms with Crippen LogP contribution in [0.2, 0.25) is 0 Å². The van der Waals surface area contributed by atoms with Crippen LogP contribution in [0.25, 0.3) is 0 Å². The van der Waals surface area contributed by atoms with Gasteiger partial charge in [-0.2, -0.15) is 13.2 Å². The molecule has 0 saturated carbocycles. The summed E-state index contributed by atoms with van der Waals surface area (Å²) in [4.78, 5) is 14.4. The number of hydrogen-bond acceptors (Lipinski definition) is 3. The Bertz CT molecular complexity index is 848. The number of benzene rings is 2. The lowest BCUT2D eigenvalue weighted by Crippen LogP contribution is -2.40. The molecule has 0 aliphatic carbocycles. The van der Waals surface area contributed by atoms with E-state index in [1.54, 1.807) is 23.1 Å². The zero-order valence-electron chi connectivity index (χ0n) is 13.3. The van der Waals surface area contributed by atoms with Gasteiger partial charge in [0.2, 0.25) is 0 Å². The highest BCUT2D eigenvalue weighted by Crippen LogP contribution is 2.50. The van der Waals surface area contributed by atoms with E-state index in [1.807, 2.05) is 0 Å². The Balaban J connectivity index is 1.90. The molecule has 0 aromatic heterocycles. The second kappa shape index (κ2) is 5.23. The number of ether oxygens (including phenoxy) is 2. The summed E-state index contributed by atoms with van der Waals surface area (Å²) in [6.45, 7) is 0.668. The summed E-state index contributed by atoms with van der Waals surface area (Å²) in [5.74, 6) is 0.177. The molecule has 1 unspecified atom stereocenters. The Morgan fingerprint density at radius 1 is 1.16 bits per heavy atom. The highest BCUT2D eigenvalue weighted by molar-refractivity contribution is 6.03. The number of carbonyl (C=O) groups is 1. The molecular formula is C18H14F3NO3. The molecule has 130 valence electrons. The van der Waals surface area contributed by atoms with Crippen molar-refractivity contribution in [1.29, 1.82) is 0 Å². The summed E-state index contributed by atoms with van der Waals surface area (Å²) < 4.78 is 49.8. The number of nitrogens with zero attached hydrogens (tertiary/aromatic N) is 1. The van der Waals surface area contributed by atoms with Crippen LogP contribution in [-0.2, 0) is 16.6 Å². The Labute approximate surface area is 141 Å². The predicted molar refractivity (Wildman–Crippen MR) is 82.2 cm³/mol. The highest BCUT2D eigenvalue weighted by Gasteiger charge is 2.56. The zero-order valence-corrected chi connectivity index (χ0v) is 13.3. The number of rotatable bonds is 2. The van der Waals surface area contributed by atoms with Gasteiger partial charge in [-0.1, -0.05) is 24.3 Å². The van der Waals surface area contributed by atoms with Gasteiger partial charge in [0.05, 0.1) is 24.8 Å². The van der Waals surface area contributed by atoms with Crippen LogP contribution < -0.4 is 4.74 Å². The minimum absolute atomic E-state index is 0.246. The third kappa shape index (κ3) is 2.08. The number of methoxy groups -OCH3 is 1. The van der Waals surface area contributed by atoms with Gasteiger partial charge in [0.25, 0.3) is 5.91 Å². The SMILES string of the molecule is COc1cccc2c1C(=O)N1CCOC21c1ccc(C(F)(F)F)cc1. The second-order valence-electron chi connectivity index (χ2n) is 5.91. The summed E-state index contributed by atoms with van der Waals surface area (Å²) in [6, 6.07) is 9.91. The van der Waals surface area contributed by atoms with Crippen LogP contribution in [0.5, 0.6) is 5.75 Å². The van der Waals surface area contributed by atoms with Gasteiger partial charge in [-0.25, -0.2) is 0 Å². The van der Waals surface area contributed by atoms with Crippen molar-refractivity contribution in [3.8, 4) is 5.75 Å². The lowest BCUT2D eigenvalue weighted by Gasteiger charge is -2.32. The van der Waals surface area contributed by atoms with Gasteiger partial charge in [-0.3, -0.25) is 9.69 Å². The van der Waals surface area contributed by atoms with E-state index in [0.29, 0.717) is 35.6 Å². The molecule has 25 heavy (non-hydrogen) atoms. The lowest BCUT2D eigenvalue weighted by atomic mass is 9.93. The van der Waals surface area contributed by atoms with Gasteiger partial charge in [-0.15, -0.1) is 0 Å². The van der Waals surface area contributed by atoms with Gasteiger partial charge < -0.3 is 9.47 Å². The fourth-order valence-corrected chi connectivity index (χ4v) is 3.61. The van der Waals surface area contributed by atoms with Gasteiger partial charge >= 0.3 is 6.18 Å². The largest absolute Gasteiger partial charge is 0.496 e. The first-order valence-electron chi connectivity index (χ1n) is 7.71. The van der Waals surface area contributed by atoms with Crippen molar-refractivity contribution in [2.45, 2.75) is 11.9 Å². The van der Waals surface area contributed by atoms with Crippen LogP contribution >= 0.6 is 0 Å². The van der Waals surface area contributed by atoms with E-state index in [0.717, 1.165) is 12.1 Å². The molecule has 0 N–H and O–H groups in total. The second-order valence-corrected chi connectivity index (χ2v) is 5.91. The topological polar surface area (TPSA) is 38.8 Å². The van der Waals surface area contributed by atoms with E-state index in [4.69, 9.17) is 9.47 Å². The van der Waals surface area contributed by atoms with Crippen molar-refractivity contribution in [2.24, 2.45) is 0 Å². The molecule has 2 heterocycles. The van der Waals surface area contributed by atoms with Gasteiger partial charge in [0.15, 0.2) is 5.72 Å². The van der Waals surface area contributed by atoms with Crippen molar-refractivity contribution in [3.05, 3.63) is 64.7 Å². The monoisotopic (exact) mass is 349 g/mol. The minimum atomic E-state index is -4.42. The van der Waals surface area contributed by atoms with E-state index in [2.05, 4.69) is 0 Å². The quantitative estimate of drug-likeness (QED) is 0.834. The smallest absolute Gasteiger partial charge is 0.416 e. The molecule has 7 heteroatoms. The van der Waals surface area contributed by atoms with Crippen molar-refractivity contribution >= 4 is 5.91 Å². The van der Waals surface area contributed by atoms with Gasteiger partial charge in [-0.05, 0) is 18.2 Å². The zero-order chi connectivity index (χ0) is 17.8.